The molecule has 0 amide bonds. The van der Waals surface area contributed by atoms with Gasteiger partial charge >= 0.3 is 5.97 Å². The third-order valence-corrected chi connectivity index (χ3v) is 6.06. The van der Waals surface area contributed by atoms with Crippen LogP contribution in [0.5, 0.6) is 0 Å². The number of ether oxygens (including phenoxy) is 1. The second-order valence-electron chi connectivity index (χ2n) is 7.84. The van der Waals surface area contributed by atoms with Crippen LogP contribution in [0.3, 0.4) is 0 Å². The van der Waals surface area contributed by atoms with Crippen LogP contribution in [0.4, 0.5) is 0 Å². The number of oxime groups is 1. The molecule has 1 aliphatic rings. The Kier molecular flexibility index (Phi) is 6.70. The summed E-state index contributed by atoms with van der Waals surface area (Å²) in [7, 11) is 1.29. The summed E-state index contributed by atoms with van der Waals surface area (Å²) in [5, 5.41) is 12.5. The molecule has 2 aromatic carbocycles. The average molecular weight is 408 g/mol. The number of ketones is 1. The number of carbonyl (C=O) groups is 2. The fraction of sp³-hybridized carbons (Fsp3) is 0.400. The Morgan fingerprint density at radius 1 is 0.967 bits per heavy atom. The van der Waals surface area contributed by atoms with Crippen molar-refractivity contribution in [2.24, 2.45) is 5.16 Å². The Hall–Kier alpha value is -2.95. The number of esters is 1. The molecule has 0 aromatic heterocycles. The highest BCUT2D eigenvalue weighted by atomic mass is 16.5. The summed E-state index contributed by atoms with van der Waals surface area (Å²) < 4.78 is 4.62. The first-order valence-corrected chi connectivity index (χ1v) is 10.6. The van der Waals surface area contributed by atoms with Crippen molar-refractivity contribution in [2.45, 2.75) is 57.8 Å². The van der Waals surface area contributed by atoms with Crippen molar-refractivity contribution in [3.8, 4) is 11.1 Å². The molecule has 0 spiro atoms. The van der Waals surface area contributed by atoms with Crippen LogP contribution >= 0.6 is 0 Å². The molecule has 158 valence electrons. The molecule has 0 bridgehead atoms. The molecule has 0 radical (unpaired) electrons. The molecule has 0 fully saturated rings. The Morgan fingerprint density at radius 3 is 2.27 bits per heavy atom. The summed E-state index contributed by atoms with van der Waals surface area (Å²) in [6.45, 7) is 4.38. The maximum atomic E-state index is 13.0. The van der Waals surface area contributed by atoms with Gasteiger partial charge in [-0.05, 0) is 41.2 Å². The molecule has 1 N–H and O–H groups in total. The standard InChI is InChI=1S/C25H29NO4/c1-4-14-25(15-5-2)20-9-7-6-8-18(20)19-11-10-17(16-21(19)25)24(28)22(26-29)12-13-23(27)30-3/h6-11,16,29H,4-5,12-15H2,1-3H3/b26-22+. The molecule has 2 aromatic rings. The lowest BCUT2D eigenvalue weighted by molar-refractivity contribution is -0.140. The zero-order valence-corrected chi connectivity index (χ0v) is 17.9. The van der Waals surface area contributed by atoms with Gasteiger partial charge in [0.05, 0.1) is 13.5 Å². The predicted octanol–water partition coefficient (Wildman–Crippen LogP) is 5.52. The molecule has 0 heterocycles. The first-order chi connectivity index (χ1) is 14.5. The van der Waals surface area contributed by atoms with Crippen LogP contribution in [0.15, 0.2) is 47.6 Å². The molecule has 5 heteroatoms. The first kappa shape index (κ1) is 21.8. The van der Waals surface area contributed by atoms with Gasteiger partial charge in [0.25, 0.3) is 0 Å². The Morgan fingerprint density at radius 2 is 1.63 bits per heavy atom. The van der Waals surface area contributed by atoms with E-state index in [4.69, 9.17) is 0 Å². The van der Waals surface area contributed by atoms with Crippen LogP contribution in [-0.2, 0) is 14.9 Å². The monoisotopic (exact) mass is 407 g/mol. The number of methoxy groups -OCH3 is 1. The van der Waals surface area contributed by atoms with E-state index in [9.17, 15) is 14.8 Å². The summed E-state index contributed by atoms with van der Waals surface area (Å²) in [4.78, 5) is 24.5. The number of fused-ring (bicyclic) bond motifs is 3. The van der Waals surface area contributed by atoms with Gasteiger partial charge in [-0.3, -0.25) is 9.59 Å². The van der Waals surface area contributed by atoms with Crippen molar-refractivity contribution < 1.29 is 19.5 Å². The molecule has 0 saturated carbocycles. The smallest absolute Gasteiger partial charge is 0.305 e. The van der Waals surface area contributed by atoms with Crippen LogP contribution < -0.4 is 0 Å². The number of hydrogen-bond donors (Lipinski definition) is 1. The lowest BCUT2D eigenvalue weighted by Gasteiger charge is -2.32. The van der Waals surface area contributed by atoms with E-state index < -0.39 is 5.97 Å². The van der Waals surface area contributed by atoms with Crippen molar-refractivity contribution in [2.75, 3.05) is 7.11 Å². The third-order valence-electron chi connectivity index (χ3n) is 6.06. The number of carbonyl (C=O) groups excluding carboxylic acids is 2. The minimum atomic E-state index is -0.446. The van der Waals surface area contributed by atoms with E-state index in [2.05, 4.69) is 48.0 Å². The van der Waals surface area contributed by atoms with Gasteiger partial charge in [-0.2, -0.15) is 0 Å². The second kappa shape index (κ2) is 9.24. The Bertz CT molecular complexity index is 971. The highest BCUT2D eigenvalue weighted by Gasteiger charge is 2.41. The largest absolute Gasteiger partial charge is 0.469 e. The van der Waals surface area contributed by atoms with Crippen LogP contribution in [0, 0.1) is 0 Å². The zero-order chi connectivity index (χ0) is 21.7. The van der Waals surface area contributed by atoms with Gasteiger partial charge in [0.15, 0.2) is 0 Å². The van der Waals surface area contributed by atoms with E-state index in [-0.39, 0.29) is 29.8 Å². The van der Waals surface area contributed by atoms with Crippen molar-refractivity contribution in [3.63, 3.8) is 0 Å². The molecule has 5 nitrogen and oxygen atoms in total. The van der Waals surface area contributed by atoms with Crippen molar-refractivity contribution >= 4 is 17.5 Å². The first-order valence-electron chi connectivity index (χ1n) is 10.6. The zero-order valence-electron chi connectivity index (χ0n) is 17.9. The van der Waals surface area contributed by atoms with Gasteiger partial charge in [0.2, 0.25) is 5.78 Å². The van der Waals surface area contributed by atoms with Gasteiger partial charge < -0.3 is 9.94 Å². The molecule has 0 aliphatic heterocycles. The maximum absolute atomic E-state index is 13.0. The average Bonchev–Trinajstić information content (AvgIpc) is 3.04. The van der Waals surface area contributed by atoms with E-state index in [1.807, 2.05) is 12.1 Å². The van der Waals surface area contributed by atoms with Gasteiger partial charge in [0, 0.05) is 17.4 Å². The van der Waals surface area contributed by atoms with E-state index in [0.717, 1.165) is 25.7 Å². The van der Waals surface area contributed by atoms with Crippen LogP contribution in [-0.4, -0.2) is 29.8 Å². The lowest BCUT2D eigenvalue weighted by atomic mass is 9.71. The SMILES string of the molecule is CCCC1(CCC)c2ccccc2-c2ccc(C(=O)/C(CCC(=O)OC)=N/O)cc21. The van der Waals surface area contributed by atoms with Gasteiger partial charge in [-0.15, -0.1) is 0 Å². The molecule has 30 heavy (non-hydrogen) atoms. The summed E-state index contributed by atoms with van der Waals surface area (Å²) in [6.07, 6.45) is 4.11. The lowest BCUT2D eigenvalue weighted by Crippen LogP contribution is -2.25. The van der Waals surface area contributed by atoms with Gasteiger partial charge in [0.1, 0.15) is 5.71 Å². The molecule has 0 unspecified atom stereocenters. The normalized spacial score (nSPS) is 14.2. The minimum Gasteiger partial charge on any atom is -0.469 e. The maximum Gasteiger partial charge on any atom is 0.305 e. The predicted molar refractivity (Wildman–Crippen MR) is 117 cm³/mol. The summed E-state index contributed by atoms with van der Waals surface area (Å²) in [5.41, 5.74) is 5.23. The number of nitrogens with zero attached hydrogens (tertiary/aromatic N) is 1. The molecule has 0 saturated heterocycles. The van der Waals surface area contributed by atoms with E-state index >= 15 is 0 Å². The van der Waals surface area contributed by atoms with Crippen LogP contribution in [0.2, 0.25) is 0 Å². The number of benzene rings is 2. The highest BCUT2D eigenvalue weighted by Crippen LogP contribution is 2.53. The van der Waals surface area contributed by atoms with Crippen LogP contribution in [0.25, 0.3) is 11.1 Å². The fourth-order valence-corrected chi connectivity index (χ4v) is 4.81. The Labute approximate surface area is 177 Å². The van der Waals surface area contributed by atoms with Crippen molar-refractivity contribution in [1.29, 1.82) is 0 Å². The van der Waals surface area contributed by atoms with Crippen LogP contribution in [0.1, 0.15) is 73.9 Å². The highest BCUT2D eigenvalue weighted by molar-refractivity contribution is 6.46. The summed E-state index contributed by atoms with van der Waals surface area (Å²) in [6, 6.07) is 14.3. The van der Waals surface area contributed by atoms with E-state index in [0.29, 0.717) is 5.56 Å². The van der Waals surface area contributed by atoms with Gasteiger partial charge in [-0.25, -0.2) is 0 Å². The van der Waals surface area contributed by atoms with E-state index in [1.165, 1.54) is 29.4 Å². The molecular formula is C25H29NO4. The van der Waals surface area contributed by atoms with Gasteiger partial charge in [-0.1, -0.05) is 68.2 Å². The second-order valence-corrected chi connectivity index (χ2v) is 7.84. The number of Topliss-reactive ketones (excluding diaryl/α,β-unsaturated/α-hetero) is 1. The van der Waals surface area contributed by atoms with E-state index in [1.54, 1.807) is 6.07 Å². The topological polar surface area (TPSA) is 76.0 Å². The van der Waals surface area contributed by atoms with Crippen molar-refractivity contribution in [3.05, 3.63) is 59.2 Å². The molecule has 3 rings (SSSR count). The number of rotatable bonds is 9. The molecule has 0 atom stereocenters. The third kappa shape index (κ3) is 3.76. The summed E-state index contributed by atoms with van der Waals surface area (Å²) >= 11 is 0. The number of hydrogen-bond acceptors (Lipinski definition) is 5. The van der Waals surface area contributed by atoms with Crippen molar-refractivity contribution in [1.82, 2.24) is 0 Å². The summed E-state index contributed by atoms with van der Waals surface area (Å²) in [5.74, 6) is -0.805. The minimum absolute atomic E-state index is 0.00633. The fourth-order valence-electron chi connectivity index (χ4n) is 4.81. The Balaban J connectivity index is 2.04. The molecular weight excluding hydrogens is 378 g/mol. The quantitative estimate of drug-likeness (QED) is 0.195. The molecule has 1 aliphatic carbocycles.